The summed E-state index contributed by atoms with van der Waals surface area (Å²) in [7, 11) is 0. The van der Waals surface area contributed by atoms with Gasteiger partial charge in [-0.15, -0.1) is 0 Å². The van der Waals surface area contributed by atoms with Gasteiger partial charge in [0.25, 0.3) is 0 Å². The monoisotopic (exact) mass is 237 g/mol. The van der Waals surface area contributed by atoms with Gasteiger partial charge in [-0.05, 0) is 31.5 Å². The number of esters is 1. The third kappa shape index (κ3) is 2.82. The van der Waals surface area contributed by atoms with Gasteiger partial charge in [0.05, 0.1) is 0 Å². The highest BCUT2D eigenvalue weighted by Crippen LogP contribution is 2.19. The minimum Gasteiger partial charge on any atom is -0.461 e. The summed E-state index contributed by atoms with van der Waals surface area (Å²) in [5.41, 5.74) is 0.831. The summed E-state index contributed by atoms with van der Waals surface area (Å²) in [5, 5.41) is 3.16. The molecule has 92 valence electrons. The van der Waals surface area contributed by atoms with Crippen LogP contribution in [0.2, 0.25) is 0 Å². The molecular formula is C13H16FNO2. The zero-order valence-electron chi connectivity index (χ0n) is 9.94. The number of hydrogen-bond acceptors (Lipinski definition) is 3. The summed E-state index contributed by atoms with van der Waals surface area (Å²) in [4.78, 5) is 11.5. The fraction of sp³-hybridized carbons (Fsp3) is 0.462. The minimum atomic E-state index is -0.289. The van der Waals surface area contributed by atoms with E-state index in [2.05, 4.69) is 5.32 Å². The van der Waals surface area contributed by atoms with Gasteiger partial charge < -0.3 is 4.74 Å². The molecular weight excluding hydrogens is 221 g/mol. The number of cyclic esters (lactones) is 1. The van der Waals surface area contributed by atoms with Crippen molar-refractivity contribution in [2.24, 2.45) is 0 Å². The van der Waals surface area contributed by atoms with E-state index in [-0.39, 0.29) is 30.0 Å². The molecule has 0 spiro atoms. The Balaban J connectivity index is 2.02. The summed E-state index contributed by atoms with van der Waals surface area (Å²) < 4.78 is 18.1. The van der Waals surface area contributed by atoms with Crippen LogP contribution in [0.3, 0.4) is 0 Å². The lowest BCUT2D eigenvalue weighted by Gasteiger charge is -2.17. The Hall–Kier alpha value is -1.42. The minimum absolute atomic E-state index is 0.0419. The van der Waals surface area contributed by atoms with E-state index in [1.165, 1.54) is 12.1 Å². The van der Waals surface area contributed by atoms with Crippen LogP contribution in [0.1, 0.15) is 31.9 Å². The summed E-state index contributed by atoms with van der Waals surface area (Å²) in [6, 6.07) is 6.02. The molecule has 4 heteroatoms. The first kappa shape index (κ1) is 12.0. The van der Waals surface area contributed by atoms with Gasteiger partial charge in [-0.1, -0.05) is 12.1 Å². The molecule has 17 heavy (non-hydrogen) atoms. The van der Waals surface area contributed by atoms with Crippen molar-refractivity contribution >= 4 is 5.97 Å². The molecule has 2 rings (SSSR count). The molecule has 1 aromatic rings. The molecule has 1 heterocycles. The highest BCUT2D eigenvalue weighted by molar-refractivity contribution is 5.78. The van der Waals surface area contributed by atoms with Crippen molar-refractivity contribution in [3.8, 4) is 0 Å². The van der Waals surface area contributed by atoms with E-state index in [0.29, 0.717) is 6.42 Å². The Kier molecular flexibility index (Phi) is 3.43. The maximum absolute atomic E-state index is 13.1. The van der Waals surface area contributed by atoms with Gasteiger partial charge >= 0.3 is 5.97 Å². The predicted octanol–water partition coefficient (Wildman–Crippen LogP) is 2.18. The number of benzene rings is 1. The molecule has 0 bridgehead atoms. The van der Waals surface area contributed by atoms with Crippen LogP contribution >= 0.6 is 0 Å². The fourth-order valence-corrected chi connectivity index (χ4v) is 2.07. The lowest BCUT2D eigenvalue weighted by atomic mass is 10.1. The molecule has 0 radical (unpaired) electrons. The number of nitrogens with one attached hydrogen (secondary N) is 1. The van der Waals surface area contributed by atoms with Crippen LogP contribution in [0.25, 0.3) is 0 Å². The average molecular weight is 237 g/mol. The van der Waals surface area contributed by atoms with Gasteiger partial charge in [-0.2, -0.15) is 0 Å². The van der Waals surface area contributed by atoms with E-state index in [1.807, 2.05) is 19.9 Å². The quantitative estimate of drug-likeness (QED) is 0.819. The van der Waals surface area contributed by atoms with Crippen LogP contribution in [-0.4, -0.2) is 18.1 Å². The van der Waals surface area contributed by atoms with E-state index < -0.39 is 0 Å². The molecule has 1 N–H and O–H groups in total. The smallest absolute Gasteiger partial charge is 0.323 e. The molecule has 3 nitrogen and oxygen atoms in total. The molecule has 1 aliphatic heterocycles. The van der Waals surface area contributed by atoms with Crippen molar-refractivity contribution < 1.29 is 13.9 Å². The van der Waals surface area contributed by atoms with E-state index in [9.17, 15) is 9.18 Å². The fourth-order valence-electron chi connectivity index (χ4n) is 2.07. The van der Waals surface area contributed by atoms with Gasteiger partial charge in [-0.25, -0.2) is 4.39 Å². The number of halogens is 1. The van der Waals surface area contributed by atoms with Crippen LogP contribution in [0.5, 0.6) is 0 Å². The van der Waals surface area contributed by atoms with Crippen LogP contribution < -0.4 is 5.32 Å². The standard InChI is InChI=1S/C13H16FNO2/c1-8-6-12(13(16)17-8)15-9(2)10-4-3-5-11(14)7-10/h3-5,7-9,12,15H,6H2,1-2H3/t8-,9+,12+/m1/s1. The maximum atomic E-state index is 13.1. The van der Waals surface area contributed by atoms with Gasteiger partial charge in [0, 0.05) is 12.5 Å². The van der Waals surface area contributed by atoms with Crippen molar-refractivity contribution in [1.82, 2.24) is 5.32 Å². The lowest BCUT2D eigenvalue weighted by Crippen LogP contribution is -2.35. The number of carbonyl (C=O) groups excluding carboxylic acids is 1. The normalized spacial score (nSPS) is 25.7. The Labute approximate surface area is 100.0 Å². The van der Waals surface area contributed by atoms with E-state index >= 15 is 0 Å². The summed E-state index contributed by atoms with van der Waals surface area (Å²) in [5.74, 6) is -0.487. The molecule has 0 amide bonds. The molecule has 0 unspecified atom stereocenters. The second kappa shape index (κ2) is 4.84. The third-order valence-corrected chi connectivity index (χ3v) is 2.97. The SMILES string of the molecule is C[C@@H]1C[C@H](N[C@@H](C)c2cccc(F)c2)C(=O)O1. The van der Waals surface area contributed by atoms with Gasteiger partial charge in [0.1, 0.15) is 18.0 Å². The summed E-state index contributed by atoms with van der Waals surface area (Å²) in [6.45, 7) is 3.78. The lowest BCUT2D eigenvalue weighted by molar-refractivity contribution is -0.142. The zero-order chi connectivity index (χ0) is 12.4. The first-order valence-corrected chi connectivity index (χ1v) is 5.78. The Morgan fingerprint density at radius 3 is 2.88 bits per heavy atom. The Morgan fingerprint density at radius 1 is 1.53 bits per heavy atom. The van der Waals surface area contributed by atoms with Crippen LogP contribution in [0.4, 0.5) is 4.39 Å². The van der Waals surface area contributed by atoms with E-state index in [4.69, 9.17) is 4.74 Å². The molecule has 1 fully saturated rings. The molecule has 0 aliphatic carbocycles. The van der Waals surface area contributed by atoms with Crippen molar-refractivity contribution in [3.63, 3.8) is 0 Å². The van der Waals surface area contributed by atoms with Crippen LogP contribution in [0, 0.1) is 5.82 Å². The number of hydrogen-bond donors (Lipinski definition) is 1. The first-order chi connectivity index (χ1) is 8.06. The first-order valence-electron chi connectivity index (χ1n) is 5.78. The van der Waals surface area contributed by atoms with Gasteiger partial charge in [0.2, 0.25) is 0 Å². The number of ether oxygens (including phenoxy) is 1. The van der Waals surface area contributed by atoms with Crippen molar-refractivity contribution in [2.45, 2.75) is 38.5 Å². The van der Waals surface area contributed by atoms with Crippen LogP contribution in [0.15, 0.2) is 24.3 Å². The molecule has 0 saturated carbocycles. The zero-order valence-corrected chi connectivity index (χ0v) is 9.94. The number of carbonyl (C=O) groups is 1. The third-order valence-electron chi connectivity index (χ3n) is 2.97. The van der Waals surface area contributed by atoms with Crippen molar-refractivity contribution in [3.05, 3.63) is 35.6 Å². The summed E-state index contributed by atoms with van der Waals surface area (Å²) >= 11 is 0. The highest BCUT2D eigenvalue weighted by Gasteiger charge is 2.32. The topological polar surface area (TPSA) is 38.3 Å². The molecule has 1 aliphatic rings. The molecule has 1 aromatic carbocycles. The second-order valence-electron chi connectivity index (χ2n) is 4.48. The summed E-state index contributed by atoms with van der Waals surface area (Å²) in [6.07, 6.45) is 0.623. The molecule has 0 aromatic heterocycles. The maximum Gasteiger partial charge on any atom is 0.323 e. The largest absolute Gasteiger partial charge is 0.461 e. The molecule has 1 saturated heterocycles. The van der Waals surface area contributed by atoms with Gasteiger partial charge in [-0.3, -0.25) is 10.1 Å². The van der Waals surface area contributed by atoms with Crippen molar-refractivity contribution in [2.75, 3.05) is 0 Å². The Morgan fingerprint density at radius 2 is 2.29 bits per heavy atom. The van der Waals surface area contributed by atoms with E-state index in [0.717, 1.165) is 5.56 Å². The average Bonchev–Trinajstić information content (AvgIpc) is 2.57. The second-order valence-corrected chi connectivity index (χ2v) is 4.48. The molecule has 3 atom stereocenters. The van der Waals surface area contributed by atoms with Gasteiger partial charge in [0.15, 0.2) is 0 Å². The van der Waals surface area contributed by atoms with Crippen LogP contribution in [-0.2, 0) is 9.53 Å². The highest BCUT2D eigenvalue weighted by atomic mass is 19.1. The number of rotatable bonds is 3. The predicted molar refractivity (Wildman–Crippen MR) is 61.9 cm³/mol. The van der Waals surface area contributed by atoms with Crippen molar-refractivity contribution in [1.29, 1.82) is 0 Å². The van der Waals surface area contributed by atoms with E-state index in [1.54, 1.807) is 6.07 Å². The Bertz CT molecular complexity index is 422.